The summed E-state index contributed by atoms with van der Waals surface area (Å²) in [5, 5.41) is 2.97. The third-order valence-electron chi connectivity index (χ3n) is 3.83. The average molecular weight is 354 g/mol. The molecule has 0 aliphatic rings. The van der Waals surface area contributed by atoms with E-state index in [0.717, 1.165) is 12.1 Å². The fourth-order valence-electron chi connectivity index (χ4n) is 2.58. The molecule has 0 aliphatic carbocycles. The predicted octanol–water partition coefficient (Wildman–Crippen LogP) is 3.25. The van der Waals surface area contributed by atoms with Gasteiger partial charge in [-0.05, 0) is 43.4 Å². The molecule has 0 heterocycles. The first kappa shape index (κ1) is 19.5. The largest absolute Gasteiger partial charge is 0.493 e. The van der Waals surface area contributed by atoms with Gasteiger partial charge in [-0.15, -0.1) is 0 Å². The molecule has 138 valence electrons. The summed E-state index contributed by atoms with van der Waals surface area (Å²) in [4.78, 5) is 14.6. The maximum absolute atomic E-state index is 12.5. The van der Waals surface area contributed by atoms with Crippen LogP contribution in [-0.2, 0) is 13.1 Å². The van der Waals surface area contributed by atoms with Crippen LogP contribution in [0.25, 0.3) is 0 Å². The van der Waals surface area contributed by atoms with E-state index >= 15 is 0 Å². The average Bonchev–Trinajstić information content (AvgIpc) is 2.64. The van der Waals surface area contributed by atoms with E-state index in [9.17, 15) is 4.79 Å². The van der Waals surface area contributed by atoms with Crippen molar-refractivity contribution in [2.45, 2.75) is 13.1 Å². The first-order valence-corrected chi connectivity index (χ1v) is 8.46. The summed E-state index contributed by atoms with van der Waals surface area (Å²) in [7, 11) is 5.60. The summed E-state index contributed by atoms with van der Waals surface area (Å²) in [6.07, 6.45) is 1.66. The minimum atomic E-state index is -0.154. The minimum absolute atomic E-state index is 0.154. The number of hydrogen-bond donors (Lipinski definition) is 1. The highest BCUT2D eigenvalue weighted by molar-refractivity contribution is 5.94. The van der Waals surface area contributed by atoms with Crippen molar-refractivity contribution in [3.05, 3.63) is 71.8 Å². The van der Waals surface area contributed by atoms with Gasteiger partial charge < -0.3 is 19.7 Å². The Bertz CT molecular complexity index is 757. The molecule has 1 amide bonds. The van der Waals surface area contributed by atoms with Gasteiger partial charge in [-0.3, -0.25) is 4.79 Å². The van der Waals surface area contributed by atoms with Crippen LogP contribution >= 0.6 is 0 Å². The van der Waals surface area contributed by atoms with Crippen LogP contribution in [0.3, 0.4) is 0 Å². The fourth-order valence-corrected chi connectivity index (χ4v) is 2.58. The Hall–Kier alpha value is -2.79. The van der Waals surface area contributed by atoms with E-state index < -0.39 is 0 Å². The Balaban J connectivity index is 2.07. The monoisotopic (exact) mass is 354 g/mol. The van der Waals surface area contributed by atoms with Gasteiger partial charge in [0, 0.05) is 18.7 Å². The smallest absolute Gasteiger partial charge is 0.251 e. The number of rotatable bonds is 9. The Morgan fingerprint density at radius 3 is 2.54 bits per heavy atom. The fraction of sp³-hybridized carbons (Fsp3) is 0.286. The Kier molecular flexibility index (Phi) is 7.24. The molecule has 5 nitrogen and oxygen atoms in total. The zero-order valence-corrected chi connectivity index (χ0v) is 15.6. The van der Waals surface area contributed by atoms with Crippen molar-refractivity contribution in [1.29, 1.82) is 0 Å². The van der Waals surface area contributed by atoms with E-state index in [-0.39, 0.29) is 5.91 Å². The number of methoxy groups -OCH3 is 1. The van der Waals surface area contributed by atoms with Gasteiger partial charge in [0.2, 0.25) is 0 Å². The Morgan fingerprint density at radius 1 is 1.15 bits per heavy atom. The molecule has 0 saturated heterocycles. The summed E-state index contributed by atoms with van der Waals surface area (Å²) in [6.45, 7) is 5.30. The van der Waals surface area contributed by atoms with Crippen LogP contribution < -0.4 is 14.8 Å². The third kappa shape index (κ3) is 5.36. The molecule has 0 unspecified atom stereocenters. The van der Waals surface area contributed by atoms with E-state index in [2.05, 4.69) is 22.9 Å². The second kappa shape index (κ2) is 9.63. The van der Waals surface area contributed by atoms with Crippen LogP contribution in [0.4, 0.5) is 0 Å². The van der Waals surface area contributed by atoms with Crippen molar-refractivity contribution >= 4 is 5.91 Å². The number of ether oxygens (including phenoxy) is 2. The van der Waals surface area contributed by atoms with Gasteiger partial charge in [-0.1, -0.05) is 36.9 Å². The molecule has 5 heteroatoms. The number of benzene rings is 2. The van der Waals surface area contributed by atoms with E-state index in [0.29, 0.717) is 30.2 Å². The number of amides is 1. The lowest BCUT2D eigenvalue weighted by atomic mass is 10.1. The molecule has 0 saturated carbocycles. The molecule has 2 aromatic rings. The van der Waals surface area contributed by atoms with Crippen LogP contribution in [0.15, 0.2) is 55.1 Å². The van der Waals surface area contributed by atoms with Crippen molar-refractivity contribution in [3.63, 3.8) is 0 Å². The maximum Gasteiger partial charge on any atom is 0.251 e. The first-order chi connectivity index (χ1) is 12.5. The number of hydrogen-bond acceptors (Lipinski definition) is 4. The molecule has 26 heavy (non-hydrogen) atoms. The van der Waals surface area contributed by atoms with Crippen molar-refractivity contribution < 1.29 is 14.3 Å². The van der Waals surface area contributed by atoms with Gasteiger partial charge >= 0.3 is 0 Å². The predicted molar refractivity (Wildman–Crippen MR) is 104 cm³/mol. The Morgan fingerprint density at radius 2 is 1.88 bits per heavy atom. The molecule has 0 radical (unpaired) electrons. The second-order valence-corrected chi connectivity index (χ2v) is 6.15. The molecule has 0 atom stereocenters. The summed E-state index contributed by atoms with van der Waals surface area (Å²) in [6, 6.07) is 13.2. The topological polar surface area (TPSA) is 50.8 Å². The molecule has 0 fully saturated rings. The maximum atomic E-state index is 12.5. The van der Waals surface area contributed by atoms with E-state index in [1.54, 1.807) is 31.4 Å². The van der Waals surface area contributed by atoms with Gasteiger partial charge in [0.25, 0.3) is 5.91 Å². The molecule has 0 aromatic heterocycles. The van der Waals surface area contributed by atoms with Crippen molar-refractivity contribution in [2.24, 2.45) is 0 Å². The first-order valence-electron chi connectivity index (χ1n) is 8.46. The lowest BCUT2D eigenvalue weighted by Gasteiger charge is -2.15. The standard InChI is InChI=1S/C21H26N2O3/c1-5-12-26-19-11-10-16(13-20(19)25-4)21(24)22-14-17-8-6-7-9-18(17)15-23(2)3/h5-11,13H,1,12,14-15H2,2-4H3,(H,22,24). The van der Waals surface area contributed by atoms with E-state index in [1.165, 1.54) is 5.56 Å². The molecular weight excluding hydrogens is 328 g/mol. The normalized spacial score (nSPS) is 10.5. The van der Waals surface area contributed by atoms with Gasteiger partial charge in [-0.2, -0.15) is 0 Å². The summed E-state index contributed by atoms with van der Waals surface area (Å²) >= 11 is 0. The molecule has 1 N–H and O–H groups in total. The number of nitrogens with zero attached hydrogens (tertiary/aromatic N) is 1. The number of carbonyl (C=O) groups is 1. The zero-order chi connectivity index (χ0) is 18.9. The van der Waals surface area contributed by atoms with Gasteiger partial charge in [0.05, 0.1) is 7.11 Å². The number of nitrogens with one attached hydrogen (secondary N) is 1. The summed E-state index contributed by atoms with van der Waals surface area (Å²) in [5.41, 5.74) is 2.83. The van der Waals surface area contributed by atoms with Gasteiger partial charge in [0.1, 0.15) is 6.61 Å². The summed E-state index contributed by atoms with van der Waals surface area (Å²) < 4.78 is 10.8. The highest BCUT2D eigenvalue weighted by Crippen LogP contribution is 2.28. The highest BCUT2D eigenvalue weighted by Gasteiger charge is 2.12. The SMILES string of the molecule is C=CCOc1ccc(C(=O)NCc2ccccc2CN(C)C)cc1OC. The van der Waals surface area contributed by atoms with Crippen LogP contribution in [0, 0.1) is 0 Å². The lowest BCUT2D eigenvalue weighted by Crippen LogP contribution is -2.24. The third-order valence-corrected chi connectivity index (χ3v) is 3.83. The zero-order valence-electron chi connectivity index (χ0n) is 15.6. The molecular formula is C21H26N2O3. The summed E-state index contributed by atoms with van der Waals surface area (Å²) in [5.74, 6) is 0.950. The molecule has 2 aromatic carbocycles. The highest BCUT2D eigenvalue weighted by atomic mass is 16.5. The van der Waals surface area contributed by atoms with Crippen molar-refractivity contribution in [1.82, 2.24) is 10.2 Å². The molecule has 0 bridgehead atoms. The van der Waals surface area contributed by atoms with Crippen molar-refractivity contribution in [3.8, 4) is 11.5 Å². The lowest BCUT2D eigenvalue weighted by molar-refractivity contribution is 0.0950. The molecule has 2 rings (SSSR count). The quantitative estimate of drug-likeness (QED) is 0.703. The van der Waals surface area contributed by atoms with E-state index in [1.807, 2.05) is 32.3 Å². The minimum Gasteiger partial charge on any atom is -0.493 e. The van der Waals surface area contributed by atoms with Gasteiger partial charge in [-0.25, -0.2) is 0 Å². The number of carbonyl (C=O) groups excluding carboxylic acids is 1. The van der Waals surface area contributed by atoms with Gasteiger partial charge in [0.15, 0.2) is 11.5 Å². The Labute approximate surface area is 155 Å². The van der Waals surface area contributed by atoms with E-state index in [4.69, 9.17) is 9.47 Å². The van der Waals surface area contributed by atoms with Crippen molar-refractivity contribution in [2.75, 3.05) is 27.8 Å². The van der Waals surface area contributed by atoms with Crippen LogP contribution in [0.1, 0.15) is 21.5 Å². The molecule has 0 aliphatic heterocycles. The second-order valence-electron chi connectivity index (χ2n) is 6.15. The molecule has 0 spiro atoms. The van der Waals surface area contributed by atoms with Crippen LogP contribution in [-0.4, -0.2) is 38.6 Å². The van der Waals surface area contributed by atoms with Crippen LogP contribution in [0.5, 0.6) is 11.5 Å². The van der Waals surface area contributed by atoms with Crippen LogP contribution in [0.2, 0.25) is 0 Å².